The number of halogens is 1. The van der Waals surface area contributed by atoms with Gasteiger partial charge in [-0.15, -0.1) is 11.3 Å². The largest absolute Gasteiger partial charge is 0.493 e. The van der Waals surface area contributed by atoms with Crippen LogP contribution in [0.5, 0.6) is 17.2 Å². The van der Waals surface area contributed by atoms with E-state index in [1.54, 1.807) is 23.6 Å². The van der Waals surface area contributed by atoms with Crippen molar-refractivity contribution in [3.63, 3.8) is 0 Å². The Morgan fingerprint density at radius 1 is 1.03 bits per heavy atom. The normalized spacial score (nSPS) is 15.7. The Bertz CT molecular complexity index is 1340. The van der Waals surface area contributed by atoms with Crippen LogP contribution in [0.2, 0.25) is 0 Å². The zero-order valence-electron chi connectivity index (χ0n) is 18.5. The summed E-state index contributed by atoms with van der Waals surface area (Å²) < 4.78 is 57.4. The van der Waals surface area contributed by atoms with E-state index in [0.717, 1.165) is 21.8 Å². The zero-order valence-corrected chi connectivity index (χ0v) is 20.1. The lowest BCUT2D eigenvalue weighted by atomic mass is 10.2. The van der Waals surface area contributed by atoms with Crippen molar-refractivity contribution in [2.45, 2.75) is 6.54 Å². The molecule has 0 radical (unpaired) electrons. The summed E-state index contributed by atoms with van der Waals surface area (Å²) in [5.74, 6) is 0.0588. The molecule has 0 unspecified atom stereocenters. The predicted molar refractivity (Wildman–Crippen MR) is 128 cm³/mol. The van der Waals surface area contributed by atoms with Gasteiger partial charge in [-0.2, -0.15) is 0 Å². The number of carbonyl (C=O) groups is 1. The van der Waals surface area contributed by atoms with Crippen molar-refractivity contribution in [1.29, 1.82) is 0 Å². The molecular formula is C23H21FN2O6S2. The van der Waals surface area contributed by atoms with Crippen LogP contribution in [-0.2, 0) is 16.6 Å². The summed E-state index contributed by atoms with van der Waals surface area (Å²) >= 11 is 1.15. The van der Waals surface area contributed by atoms with Crippen molar-refractivity contribution in [3.05, 3.63) is 75.2 Å². The number of ether oxygens (including phenoxy) is 3. The number of anilines is 2. The fourth-order valence-electron chi connectivity index (χ4n) is 3.53. The number of nitrogens with one attached hydrogen (secondary N) is 1. The third-order valence-corrected chi connectivity index (χ3v) is 7.85. The first-order valence-electron chi connectivity index (χ1n) is 9.96. The molecule has 11 heteroatoms. The molecule has 0 bridgehead atoms. The summed E-state index contributed by atoms with van der Waals surface area (Å²) in [5, 5.41) is 4.52. The van der Waals surface area contributed by atoms with E-state index in [0.29, 0.717) is 39.1 Å². The maximum atomic E-state index is 13.5. The first-order valence-corrected chi connectivity index (χ1v) is 12.3. The summed E-state index contributed by atoms with van der Waals surface area (Å²) in [6, 6.07) is 10.3. The lowest BCUT2D eigenvalue weighted by molar-refractivity contribution is 0.104. The topological polar surface area (TPSA) is 94.2 Å². The van der Waals surface area contributed by atoms with E-state index >= 15 is 0 Å². The quantitative estimate of drug-likeness (QED) is 0.477. The Balaban J connectivity index is 1.73. The summed E-state index contributed by atoms with van der Waals surface area (Å²) in [6.45, 7) is -0.0544. The van der Waals surface area contributed by atoms with Crippen LogP contribution in [0.4, 0.5) is 15.8 Å². The molecule has 0 saturated carbocycles. The number of fused-ring (bicyclic) bond motifs is 1. The van der Waals surface area contributed by atoms with Gasteiger partial charge in [0.2, 0.25) is 11.5 Å². The maximum Gasteiger partial charge on any atom is 0.270 e. The number of thiophene rings is 1. The number of allylic oxidation sites excluding steroid dienone is 1. The minimum Gasteiger partial charge on any atom is -0.493 e. The number of Topliss-reactive ketones (excluding diaryl/α,β-unsaturated/α-hetero) is 1. The second-order valence-electron chi connectivity index (χ2n) is 7.17. The van der Waals surface area contributed by atoms with Crippen molar-refractivity contribution in [3.8, 4) is 17.2 Å². The molecule has 1 aromatic heterocycles. The fourth-order valence-corrected chi connectivity index (χ4v) is 6.01. The van der Waals surface area contributed by atoms with Gasteiger partial charge >= 0.3 is 0 Å². The van der Waals surface area contributed by atoms with Crippen molar-refractivity contribution in [2.24, 2.45) is 0 Å². The molecule has 0 amide bonds. The van der Waals surface area contributed by atoms with Gasteiger partial charge in [0.15, 0.2) is 16.4 Å². The van der Waals surface area contributed by atoms with Gasteiger partial charge in [-0.3, -0.25) is 9.10 Å². The average Bonchev–Trinajstić information content (AvgIpc) is 3.31. The molecule has 3 aromatic rings. The van der Waals surface area contributed by atoms with E-state index in [1.165, 1.54) is 45.6 Å². The molecule has 2 heterocycles. The Hall–Kier alpha value is -3.57. The van der Waals surface area contributed by atoms with E-state index in [2.05, 4.69) is 5.32 Å². The van der Waals surface area contributed by atoms with Gasteiger partial charge in [0, 0.05) is 24.0 Å². The summed E-state index contributed by atoms with van der Waals surface area (Å²) in [6.07, 6.45) is 1.15. The first-order chi connectivity index (χ1) is 16.3. The lowest BCUT2D eigenvalue weighted by Crippen LogP contribution is -2.38. The van der Waals surface area contributed by atoms with Crippen LogP contribution in [0.3, 0.4) is 0 Å². The molecule has 1 aliphatic heterocycles. The third-order valence-electron chi connectivity index (χ3n) is 5.19. The molecule has 2 aromatic carbocycles. The molecular weight excluding hydrogens is 483 g/mol. The van der Waals surface area contributed by atoms with Crippen LogP contribution in [0.1, 0.15) is 15.2 Å². The van der Waals surface area contributed by atoms with Crippen LogP contribution < -0.4 is 23.8 Å². The smallest absolute Gasteiger partial charge is 0.270 e. The van der Waals surface area contributed by atoms with Crippen molar-refractivity contribution in [2.75, 3.05) is 31.0 Å². The number of ketones is 1. The minimum atomic E-state index is -4.21. The zero-order chi connectivity index (χ0) is 24.5. The Kier molecular flexibility index (Phi) is 6.49. The van der Waals surface area contributed by atoms with Crippen LogP contribution >= 0.6 is 11.3 Å². The number of carbonyl (C=O) groups excluding carboxylic acids is 1. The Morgan fingerprint density at radius 2 is 1.68 bits per heavy atom. The molecule has 0 atom stereocenters. The molecule has 0 aliphatic carbocycles. The van der Waals surface area contributed by atoms with E-state index in [1.807, 2.05) is 0 Å². The van der Waals surface area contributed by atoms with Crippen LogP contribution in [-0.4, -0.2) is 35.5 Å². The predicted octanol–water partition coefficient (Wildman–Crippen LogP) is 4.40. The van der Waals surface area contributed by atoms with Crippen molar-refractivity contribution >= 4 is 38.5 Å². The SMILES string of the molecule is COc1cc(N/C=C2/C(=O)c3sccc3N(Cc3ccc(F)cc3)S2(=O)=O)cc(OC)c1OC. The average molecular weight is 505 g/mol. The van der Waals surface area contributed by atoms with E-state index in [-0.39, 0.29) is 6.54 Å². The summed E-state index contributed by atoms with van der Waals surface area (Å²) in [5.41, 5.74) is 1.30. The van der Waals surface area contributed by atoms with E-state index in [4.69, 9.17) is 14.2 Å². The van der Waals surface area contributed by atoms with Crippen molar-refractivity contribution < 1.29 is 31.8 Å². The van der Waals surface area contributed by atoms with E-state index in [9.17, 15) is 17.6 Å². The second kappa shape index (κ2) is 9.35. The molecule has 0 fully saturated rings. The molecule has 0 spiro atoms. The van der Waals surface area contributed by atoms with Gasteiger partial charge in [-0.1, -0.05) is 12.1 Å². The standard InChI is InChI=1S/C23H21FN2O6S2/c1-30-18-10-16(11-19(31-2)22(18)32-3)25-12-20-21(27)23-17(8-9-33-23)26(34(20,28)29)13-14-4-6-15(24)7-5-14/h4-12,25H,13H2,1-3H3/b20-12-. The van der Waals surface area contributed by atoms with Crippen molar-refractivity contribution in [1.82, 2.24) is 0 Å². The second-order valence-corrected chi connectivity index (χ2v) is 9.92. The van der Waals surface area contributed by atoms with Gasteiger partial charge in [0.25, 0.3) is 10.0 Å². The maximum absolute atomic E-state index is 13.5. The van der Waals surface area contributed by atoms with Gasteiger partial charge in [-0.05, 0) is 29.1 Å². The number of hydrogen-bond donors (Lipinski definition) is 1. The molecule has 0 saturated heterocycles. The highest BCUT2D eigenvalue weighted by Crippen LogP contribution is 2.41. The Labute approximate surface area is 200 Å². The molecule has 178 valence electrons. The number of rotatable bonds is 7. The highest BCUT2D eigenvalue weighted by atomic mass is 32.2. The number of nitrogens with zero attached hydrogens (tertiary/aromatic N) is 1. The summed E-state index contributed by atoms with van der Waals surface area (Å²) in [4.78, 5) is 13.0. The number of hydrogen-bond acceptors (Lipinski definition) is 8. The third kappa shape index (κ3) is 4.19. The summed E-state index contributed by atoms with van der Waals surface area (Å²) in [7, 11) is 0.175. The fraction of sp³-hybridized carbons (Fsp3) is 0.174. The van der Waals surface area contributed by atoms with Crippen LogP contribution in [0.15, 0.2) is 58.9 Å². The van der Waals surface area contributed by atoms with Gasteiger partial charge in [0.1, 0.15) is 10.7 Å². The highest BCUT2D eigenvalue weighted by Gasteiger charge is 2.41. The van der Waals surface area contributed by atoms with E-state index < -0.39 is 26.5 Å². The van der Waals surface area contributed by atoms with Gasteiger partial charge in [-0.25, -0.2) is 12.8 Å². The van der Waals surface area contributed by atoms with Crippen LogP contribution in [0, 0.1) is 5.82 Å². The van der Waals surface area contributed by atoms with Gasteiger partial charge < -0.3 is 19.5 Å². The molecule has 4 rings (SSSR count). The number of sulfonamides is 1. The lowest BCUT2D eigenvalue weighted by Gasteiger charge is -2.29. The molecule has 34 heavy (non-hydrogen) atoms. The molecule has 1 aliphatic rings. The Morgan fingerprint density at radius 3 is 2.26 bits per heavy atom. The van der Waals surface area contributed by atoms with Gasteiger partial charge in [0.05, 0.1) is 33.6 Å². The minimum absolute atomic E-state index is 0.0544. The monoisotopic (exact) mass is 504 g/mol. The number of benzene rings is 2. The number of methoxy groups -OCH3 is 3. The molecule has 1 N–H and O–H groups in total. The molecule has 8 nitrogen and oxygen atoms in total. The van der Waals surface area contributed by atoms with Crippen LogP contribution in [0.25, 0.3) is 0 Å². The highest BCUT2D eigenvalue weighted by molar-refractivity contribution is 7.97. The first kappa shape index (κ1) is 23.6.